The van der Waals surface area contributed by atoms with Crippen molar-refractivity contribution in [2.75, 3.05) is 7.11 Å². The first kappa shape index (κ1) is 11.5. The molecule has 0 saturated heterocycles. The lowest BCUT2D eigenvalue weighted by molar-refractivity contribution is -0.147. The zero-order valence-electron chi connectivity index (χ0n) is 8.90. The Morgan fingerprint density at radius 3 is 2.73 bits per heavy atom. The molecule has 0 spiro atoms. The Bertz CT molecular complexity index is 338. The quantitative estimate of drug-likeness (QED) is 0.754. The van der Waals surface area contributed by atoms with E-state index in [-0.39, 0.29) is 0 Å². The van der Waals surface area contributed by atoms with Crippen LogP contribution in [0.1, 0.15) is 12.5 Å². The van der Waals surface area contributed by atoms with E-state index in [1.807, 2.05) is 18.2 Å². The molecule has 1 aromatic carbocycles. The molecular formula is C11H15NO3. The van der Waals surface area contributed by atoms with Crippen LogP contribution >= 0.6 is 0 Å². The number of ether oxygens (including phenoxy) is 2. The van der Waals surface area contributed by atoms with Gasteiger partial charge in [-0.25, -0.2) is 4.79 Å². The average Bonchev–Trinajstić information content (AvgIpc) is 2.28. The molecule has 4 nitrogen and oxygen atoms in total. The molecule has 1 aromatic rings. The summed E-state index contributed by atoms with van der Waals surface area (Å²) in [7, 11) is 1.33. The van der Waals surface area contributed by atoms with E-state index in [9.17, 15) is 4.79 Å². The highest BCUT2D eigenvalue weighted by molar-refractivity contribution is 5.74. The Hall–Kier alpha value is -1.55. The molecule has 0 amide bonds. The number of carbonyl (C=O) groups is 1. The molecule has 4 heteroatoms. The maximum Gasteiger partial charge on any atom is 0.346 e. The van der Waals surface area contributed by atoms with E-state index in [0.717, 1.165) is 5.56 Å². The van der Waals surface area contributed by atoms with Crippen LogP contribution < -0.4 is 10.5 Å². The summed E-state index contributed by atoms with van der Waals surface area (Å²) >= 11 is 0. The molecular weight excluding hydrogens is 194 g/mol. The van der Waals surface area contributed by atoms with Crippen LogP contribution in [-0.4, -0.2) is 19.2 Å². The van der Waals surface area contributed by atoms with E-state index in [1.165, 1.54) is 7.11 Å². The highest BCUT2D eigenvalue weighted by Crippen LogP contribution is 2.18. The molecule has 0 aliphatic carbocycles. The van der Waals surface area contributed by atoms with Gasteiger partial charge in [0.15, 0.2) is 6.10 Å². The second-order valence-corrected chi connectivity index (χ2v) is 3.10. The maximum atomic E-state index is 11.1. The molecule has 2 N–H and O–H groups in total. The number of hydrogen-bond donors (Lipinski definition) is 1. The summed E-state index contributed by atoms with van der Waals surface area (Å²) in [5.41, 5.74) is 6.41. The zero-order chi connectivity index (χ0) is 11.3. The van der Waals surface area contributed by atoms with Gasteiger partial charge < -0.3 is 15.2 Å². The number of methoxy groups -OCH3 is 1. The van der Waals surface area contributed by atoms with Gasteiger partial charge in [0.25, 0.3) is 0 Å². The monoisotopic (exact) mass is 209 g/mol. The van der Waals surface area contributed by atoms with Crippen LogP contribution in [0.25, 0.3) is 0 Å². The zero-order valence-corrected chi connectivity index (χ0v) is 8.90. The molecule has 0 radical (unpaired) electrons. The number of benzene rings is 1. The van der Waals surface area contributed by atoms with Crippen molar-refractivity contribution >= 4 is 5.97 Å². The second kappa shape index (κ2) is 5.36. The van der Waals surface area contributed by atoms with Crippen LogP contribution in [0.2, 0.25) is 0 Å². The molecule has 0 aliphatic heterocycles. The lowest BCUT2D eigenvalue weighted by Gasteiger charge is -2.14. The summed E-state index contributed by atoms with van der Waals surface area (Å²) < 4.78 is 10.00. The predicted molar refractivity (Wildman–Crippen MR) is 56.4 cm³/mol. The van der Waals surface area contributed by atoms with Gasteiger partial charge in [0, 0.05) is 12.1 Å². The fourth-order valence-corrected chi connectivity index (χ4v) is 1.19. The second-order valence-electron chi connectivity index (χ2n) is 3.10. The minimum Gasteiger partial charge on any atom is -0.479 e. The van der Waals surface area contributed by atoms with Gasteiger partial charge in [0.2, 0.25) is 0 Å². The van der Waals surface area contributed by atoms with Crippen LogP contribution in [0.4, 0.5) is 0 Å². The molecule has 0 aromatic heterocycles. The molecule has 1 atom stereocenters. The standard InChI is InChI=1S/C11H15NO3/c1-8(11(13)14-2)15-10-6-4-3-5-9(10)7-12/h3-6,8H,7,12H2,1-2H3. The van der Waals surface area contributed by atoms with Crippen molar-refractivity contribution in [3.63, 3.8) is 0 Å². The van der Waals surface area contributed by atoms with E-state index in [0.29, 0.717) is 12.3 Å². The number of nitrogens with two attached hydrogens (primary N) is 1. The third-order valence-electron chi connectivity index (χ3n) is 2.03. The van der Waals surface area contributed by atoms with E-state index in [2.05, 4.69) is 4.74 Å². The van der Waals surface area contributed by atoms with Crippen LogP contribution in [-0.2, 0) is 16.1 Å². The SMILES string of the molecule is COC(=O)C(C)Oc1ccccc1CN. The van der Waals surface area contributed by atoms with E-state index < -0.39 is 12.1 Å². The first-order valence-electron chi connectivity index (χ1n) is 4.71. The van der Waals surface area contributed by atoms with Crippen molar-refractivity contribution in [1.82, 2.24) is 0 Å². The van der Waals surface area contributed by atoms with Gasteiger partial charge in [-0.05, 0) is 13.0 Å². The third kappa shape index (κ3) is 2.95. The van der Waals surface area contributed by atoms with Gasteiger partial charge in [-0.1, -0.05) is 18.2 Å². The highest BCUT2D eigenvalue weighted by Gasteiger charge is 2.15. The number of esters is 1. The van der Waals surface area contributed by atoms with Crippen molar-refractivity contribution in [2.24, 2.45) is 5.73 Å². The fourth-order valence-electron chi connectivity index (χ4n) is 1.19. The van der Waals surface area contributed by atoms with Crippen LogP contribution in [0.5, 0.6) is 5.75 Å². The van der Waals surface area contributed by atoms with Gasteiger partial charge in [-0.15, -0.1) is 0 Å². The van der Waals surface area contributed by atoms with Crippen molar-refractivity contribution in [2.45, 2.75) is 19.6 Å². The van der Waals surface area contributed by atoms with Crippen molar-refractivity contribution < 1.29 is 14.3 Å². The molecule has 82 valence electrons. The Balaban J connectivity index is 2.75. The topological polar surface area (TPSA) is 61.5 Å². The Morgan fingerprint density at radius 1 is 1.47 bits per heavy atom. The van der Waals surface area contributed by atoms with E-state index >= 15 is 0 Å². The summed E-state index contributed by atoms with van der Waals surface area (Å²) in [4.78, 5) is 11.1. The summed E-state index contributed by atoms with van der Waals surface area (Å²) in [6.07, 6.45) is -0.623. The fraction of sp³-hybridized carbons (Fsp3) is 0.364. The summed E-state index contributed by atoms with van der Waals surface area (Å²) in [5, 5.41) is 0. The van der Waals surface area contributed by atoms with E-state index in [4.69, 9.17) is 10.5 Å². The molecule has 0 bridgehead atoms. The summed E-state index contributed by atoms with van der Waals surface area (Å²) in [6, 6.07) is 7.34. The van der Waals surface area contributed by atoms with Gasteiger partial charge in [0.05, 0.1) is 7.11 Å². The summed E-state index contributed by atoms with van der Waals surface area (Å²) in [6.45, 7) is 2.02. The first-order valence-corrected chi connectivity index (χ1v) is 4.71. The summed E-state index contributed by atoms with van der Waals surface area (Å²) in [5.74, 6) is 0.222. The minimum atomic E-state index is -0.623. The Labute approximate surface area is 89.0 Å². The normalized spacial score (nSPS) is 11.9. The Kier molecular flexibility index (Phi) is 4.12. The van der Waals surface area contributed by atoms with Gasteiger partial charge in [-0.2, -0.15) is 0 Å². The van der Waals surface area contributed by atoms with Crippen LogP contribution in [0.3, 0.4) is 0 Å². The highest BCUT2D eigenvalue weighted by atomic mass is 16.6. The first-order chi connectivity index (χ1) is 7.19. The lowest BCUT2D eigenvalue weighted by Crippen LogP contribution is -2.25. The van der Waals surface area contributed by atoms with Crippen molar-refractivity contribution in [3.8, 4) is 5.75 Å². The number of hydrogen-bond acceptors (Lipinski definition) is 4. The van der Waals surface area contributed by atoms with Crippen molar-refractivity contribution in [1.29, 1.82) is 0 Å². The number of carbonyl (C=O) groups excluding carboxylic acids is 1. The van der Waals surface area contributed by atoms with Crippen LogP contribution in [0, 0.1) is 0 Å². The largest absolute Gasteiger partial charge is 0.479 e. The van der Waals surface area contributed by atoms with E-state index in [1.54, 1.807) is 13.0 Å². The minimum absolute atomic E-state index is 0.379. The van der Waals surface area contributed by atoms with Gasteiger partial charge in [-0.3, -0.25) is 0 Å². The maximum absolute atomic E-state index is 11.1. The average molecular weight is 209 g/mol. The number of rotatable bonds is 4. The van der Waals surface area contributed by atoms with Gasteiger partial charge >= 0.3 is 5.97 Å². The lowest BCUT2D eigenvalue weighted by atomic mass is 10.2. The Morgan fingerprint density at radius 2 is 2.13 bits per heavy atom. The molecule has 1 rings (SSSR count). The molecule has 1 unspecified atom stereocenters. The number of para-hydroxylation sites is 1. The van der Waals surface area contributed by atoms with Gasteiger partial charge in [0.1, 0.15) is 5.75 Å². The van der Waals surface area contributed by atoms with Crippen molar-refractivity contribution in [3.05, 3.63) is 29.8 Å². The molecule has 0 aliphatic rings. The smallest absolute Gasteiger partial charge is 0.346 e. The molecule has 0 heterocycles. The van der Waals surface area contributed by atoms with Crippen LogP contribution in [0.15, 0.2) is 24.3 Å². The molecule has 15 heavy (non-hydrogen) atoms. The third-order valence-corrected chi connectivity index (χ3v) is 2.03. The predicted octanol–water partition coefficient (Wildman–Crippen LogP) is 1.09. The molecule has 0 fully saturated rings. The molecule has 0 saturated carbocycles.